The first kappa shape index (κ1) is 14.8. The van der Waals surface area contributed by atoms with Gasteiger partial charge in [-0.3, -0.25) is 9.48 Å². The minimum Gasteiger partial charge on any atom is -0.497 e. The number of carbonyl (C=O) groups is 1. The topological polar surface area (TPSA) is 63.1 Å². The molecule has 3 heterocycles. The van der Waals surface area contributed by atoms with E-state index in [9.17, 15) is 4.79 Å². The summed E-state index contributed by atoms with van der Waals surface area (Å²) < 4.78 is 7.03. The highest BCUT2D eigenvalue weighted by Crippen LogP contribution is 2.33. The number of nitrogens with zero attached hydrogens (tertiary/aromatic N) is 3. The van der Waals surface area contributed by atoms with E-state index >= 15 is 0 Å². The van der Waals surface area contributed by atoms with Crippen molar-refractivity contribution in [1.29, 1.82) is 0 Å². The molecule has 1 saturated heterocycles. The number of nitrogens with one attached hydrogen (secondary N) is 1. The number of hydrogen-bond donors (Lipinski definition) is 1. The summed E-state index contributed by atoms with van der Waals surface area (Å²) in [6.45, 7) is 0.775. The van der Waals surface area contributed by atoms with E-state index in [0.29, 0.717) is 5.69 Å². The number of aromatic nitrogens is 3. The van der Waals surface area contributed by atoms with Gasteiger partial charge in [0.1, 0.15) is 11.4 Å². The van der Waals surface area contributed by atoms with E-state index in [1.807, 2.05) is 48.6 Å². The van der Waals surface area contributed by atoms with Crippen molar-refractivity contribution in [2.24, 2.45) is 7.05 Å². The van der Waals surface area contributed by atoms with Gasteiger partial charge in [0, 0.05) is 42.3 Å². The molecule has 1 aromatic carbocycles. The summed E-state index contributed by atoms with van der Waals surface area (Å²) in [5.74, 6) is 0.814. The van der Waals surface area contributed by atoms with Crippen molar-refractivity contribution in [3.63, 3.8) is 0 Å². The highest BCUT2D eigenvalue weighted by Gasteiger charge is 2.32. The number of benzene rings is 1. The van der Waals surface area contributed by atoms with Gasteiger partial charge in [-0.15, -0.1) is 0 Å². The second-order valence-electron chi connectivity index (χ2n) is 6.24. The molecule has 6 heteroatoms. The quantitative estimate of drug-likeness (QED) is 0.806. The fourth-order valence-electron chi connectivity index (χ4n) is 3.47. The molecule has 1 fully saturated rings. The molecule has 1 aliphatic heterocycles. The first-order valence-electron chi connectivity index (χ1n) is 8.12. The van der Waals surface area contributed by atoms with Crippen molar-refractivity contribution < 1.29 is 9.53 Å². The van der Waals surface area contributed by atoms with Crippen LogP contribution in [-0.2, 0) is 7.05 Å². The number of H-pyrrole nitrogens is 1. The van der Waals surface area contributed by atoms with Crippen molar-refractivity contribution >= 4 is 16.8 Å². The van der Waals surface area contributed by atoms with E-state index < -0.39 is 0 Å². The third-order valence-electron chi connectivity index (χ3n) is 4.68. The highest BCUT2D eigenvalue weighted by atomic mass is 16.5. The van der Waals surface area contributed by atoms with Gasteiger partial charge in [-0.05, 0) is 31.0 Å². The molecule has 24 heavy (non-hydrogen) atoms. The Morgan fingerprint density at radius 1 is 1.38 bits per heavy atom. The number of methoxy groups -OCH3 is 1. The Kier molecular flexibility index (Phi) is 3.52. The minimum absolute atomic E-state index is 0.0384. The number of likely N-dealkylation sites (tertiary alicyclic amines) is 1. The monoisotopic (exact) mass is 324 g/mol. The Bertz CT molecular complexity index is 895. The fourth-order valence-corrected chi connectivity index (χ4v) is 3.47. The highest BCUT2D eigenvalue weighted by molar-refractivity contribution is 5.98. The van der Waals surface area contributed by atoms with Crippen LogP contribution in [0, 0.1) is 0 Å². The zero-order valence-corrected chi connectivity index (χ0v) is 13.8. The number of amides is 1. The maximum absolute atomic E-state index is 13.0. The molecule has 0 aliphatic carbocycles. The Morgan fingerprint density at radius 2 is 2.25 bits per heavy atom. The van der Waals surface area contributed by atoms with E-state index in [1.165, 1.54) is 0 Å². The van der Waals surface area contributed by atoms with Crippen molar-refractivity contribution in [3.05, 3.63) is 47.9 Å². The summed E-state index contributed by atoms with van der Waals surface area (Å²) in [6.07, 6.45) is 5.84. The largest absolute Gasteiger partial charge is 0.497 e. The average Bonchev–Trinajstić information content (AvgIpc) is 3.31. The molecule has 124 valence electrons. The van der Waals surface area contributed by atoms with Crippen LogP contribution in [0.3, 0.4) is 0 Å². The van der Waals surface area contributed by atoms with Crippen LogP contribution in [0.2, 0.25) is 0 Å². The third kappa shape index (κ3) is 2.44. The molecule has 0 radical (unpaired) electrons. The lowest BCUT2D eigenvalue weighted by atomic mass is 10.1. The summed E-state index contributed by atoms with van der Waals surface area (Å²) in [4.78, 5) is 18.2. The SMILES string of the molecule is COc1ccc2cc(C(=O)N3CCC[C@H]3c3cnn(C)c3)[nH]c2c1. The fraction of sp³-hybridized carbons (Fsp3) is 0.333. The van der Waals surface area contributed by atoms with E-state index in [2.05, 4.69) is 10.1 Å². The standard InChI is InChI=1S/C18H20N4O2/c1-21-11-13(10-19-21)17-4-3-7-22(17)18(23)16-8-12-5-6-14(24-2)9-15(12)20-16/h5-6,8-11,17,20H,3-4,7H2,1-2H3/t17-/m0/s1. The van der Waals surface area contributed by atoms with Crippen LogP contribution in [0.4, 0.5) is 0 Å². The molecule has 0 unspecified atom stereocenters. The van der Waals surface area contributed by atoms with Gasteiger partial charge in [0.25, 0.3) is 5.91 Å². The lowest BCUT2D eigenvalue weighted by Crippen LogP contribution is -2.30. The predicted molar refractivity (Wildman–Crippen MR) is 91.1 cm³/mol. The molecule has 1 atom stereocenters. The maximum Gasteiger partial charge on any atom is 0.270 e. The van der Waals surface area contributed by atoms with E-state index in [-0.39, 0.29) is 11.9 Å². The molecule has 0 spiro atoms. The lowest BCUT2D eigenvalue weighted by molar-refractivity contribution is 0.0730. The zero-order valence-electron chi connectivity index (χ0n) is 13.8. The summed E-state index contributed by atoms with van der Waals surface area (Å²) in [6, 6.07) is 7.79. The van der Waals surface area contributed by atoms with Crippen LogP contribution in [0.15, 0.2) is 36.7 Å². The third-order valence-corrected chi connectivity index (χ3v) is 4.68. The second-order valence-corrected chi connectivity index (χ2v) is 6.24. The van der Waals surface area contributed by atoms with Crippen molar-refractivity contribution in [2.75, 3.05) is 13.7 Å². The second kappa shape index (κ2) is 5.70. The smallest absolute Gasteiger partial charge is 0.270 e. The number of aromatic amines is 1. The Balaban J connectivity index is 1.65. The first-order valence-corrected chi connectivity index (χ1v) is 8.12. The van der Waals surface area contributed by atoms with Crippen LogP contribution in [0.1, 0.15) is 34.9 Å². The van der Waals surface area contributed by atoms with Gasteiger partial charge in [0.05, 0.1) is 19.3 Å². The molecule has 2 aromatic heterocycles. The maximum atomic E-state index is 13.0. The van der Waals surface area contributed by atoms with Crippen LogP contribution < -0.4 is 4.74 Å². The van der Waals surface area contributed by atoms with Gasteiger partial charge in [-0.25, -0.2) is 0 Å². The van der Waals surface area contributed by atoms with Gasteiger partial charge >= 0.3 is 0 Å². The number of hydrogen-bond acceptors (Lipinski definition) is 3. The van der Waals surface area contributed by atoms with Gasteiger partial charge in [-0.1, -0.05) is 0 Å². The number of ether oxygens (including phenoxy) is 1. The minimum atomic E-state index is 0.0384. The summed E-state index contributed by atoms with van der Waals surface area (Å²) >= 11 is 0. The van der Waals surface area contributed by atoms with E-state index in [0.717, 1.165) is 41.6 Å². The molecule has 3 aromatic rings. The van der Waals surface area contributed by atoms with Gasteiger partial charge in [0.15, 0.2) is 0 Å². The number of carbonyl (C=O) groups excluding carboxylic acids is 1. The molecular weight excluding hydrogens is 304 g/mol. The van der Waals surface area contributed by atoms with Crippen LogP contribution in [-0.4, -0.2) is 39.2 Å². The molecular formula is C18H20N4O2. The van der Waals surface area contributed by atoms with E-state index in [1.54, 1.807) is 11.8 Å². The van der Waals surface area contributed by atoms with Crippen LogP contribution in [0.25, 0.3) is 10.9 Å². The number of aryl methyl sites for hydroxylation is 1. The summed E-state index contributed by atoms with van der Waals surface area (Å²) in [7, 11) is 3.54. The van der Waals surface area contributed by atoms with Gasteiger partial charge in [-0.2, -0.15) is 5.10 Å². The zero-order chi connectivity index (χ0) is 16.7. The lowest BCUT2D eigenvalue weighted by Gasteiger charge is -2.23. The molecule has 1 amide bonds. The molecule has 0 saturated carbocycles. The summed E-state index contributed by atoms with van der Waals surface area (Å²) in [5, 5.41) is 5.25. The molecule has 1 N–H and O–H groups in total. The van der Waals surface area contributed by atoms with Crippen molar-refractivity contribution in [1.82, 2.24) is 19.7 Å². The number of rotatable bonds is 3. The molecule has 0 bridgehead atoms. The Labute approximate surface area is 140 Å². The molecule has 1 aliphatic rings. The first-order chi connectivity index (χ1) is 11.7. The Morgan fingerprint density at radius 3 is 3.00 bits per heavy atom. The summed E-state index contributed by atoms with van der Waals surface area (Å²) in [5.41, 5.74) is 2.63. The normalized spacial score (nSPS) is 17.6. The molecule has 6 nitrogen and oxygen atoms in total. The van der Waals surface area contributed by atoms with Crippen LogP contribution >= 0.6 is 0 Å². The van der Waals surface area contributed by atoms with E-state index in [4.69, 9.17) is 4.74 Å². The number of fused-ring (bicyclic) bond motifs is 1. The van der Waals surface area contributed by atoms with Gasteiger partial charge in [0.2, 0.25) is 0 Å². The molecule has 4 rings (SSSR count). The van der Waals surface area contributed by atoms with Crippen molar-refractivity contribution in [3.8, 4) is 5.75 Å². The Hall–Kier alpha value is -2.76. The van der Waals surface area contributed by atoms with Gasteiger partial charge < -0.3 is 14.6 Å². The van der Waals surface area contributed by atoms with Crippen molar-refractivity contribution in [2.45, 2.75) is 18.9 Å². The van der Waals surface area contributed by atoms with Crippen LogP contribution in [0.5, 0.6) is 5.75 Å². The average molecular weight is 324 g/mol. The predicted octanol–water partition coefficient (Wildman–Crippen LogP) is 2.89.